The summed E-state index contributed by atoms with van der Waals surface area (Å²) < 4.78 is 11.5. The maximum atomic E-state index is 6.19. The lowest BCUT2D eigenvalue weighted by Crippen LogP contribution is -2.60. The molecule has 0 saturated carbocycles. The van der Waals surface area contributed by atoms with Crippen LogP contribution in [0.25, 0.3) is 0 Å². The molecule has 0 aromatic heterocycles. The summed E-state index contributed by atoms with van der Waals surface area (Å²) in [6.45, 7) is 9.36. The number of likely N-dealkylation sites (tertiary alicyclic amines) is 1. The molecular weight excluding hydrogens is 228 g/mol. The molecule has 18 heavy (non-hydrogen) atoms. The molecule has 4 nitrogen and oxygen atoms in total. The Labute approximate surface area is 111 Å². The fourth-order valence-electron chi connectivity index (χ4n) is 3.43. The van der Waals surface area contributed by atoms with Gasteiger partial charge in [0.2, 0.25) is 0 Å². The van der Waals surface area contributed by atoms with Crippen molar-refractivity contribution in [3.63, 3.8) is 0 Å². The highest BCUT2D eigenvalue weighted by Crippen LogP contribution is 2.36. The Morgan fingerprint density at radius 3 is 2.89 bits per heavy atom. The van der Waals surface area contributed by atoms with Crippen LogP contribution in [-0.2, 0) is 9.47 Å². The zero-order valence-corrected chi connectivity index (χ0v) is 12.3. The van der Waals surface area contributed by atoms with Crippen LogP contribution in [-0.4, -0.2) is 63.5 Å². The Bertz CT molecular complexity index is 279. The van der Waals surface area contributed by atoms with E-state index in [1.54, 1.807) is 7.11 Å². The second-order valence-corrected chi connectivity index (χ2v) is 6.71. The number of ether oxygens (including phenoxy) is 2. The van der Waals surface area contributed by atoms with Gasteiger partial charge in [-0.3, -0.25) is 0 Å². The predicted molar refractivity (Wildman–Crippen MR) is 72.9 cm³/mol. The van der Waals surface area contributed by atoms with E-state index in [-0.39, 0.29) is 11.0 Å². The van der Waals surface area contributed by atoms with E-state index in [4.69, 9.17) is 9.47 Å². The van der Waals surface area contributed by atoms with Gasteiger partial charge >= 0.3 is 0 Å². The number of likely N-dealkylation sites (N-methyl/N-ethyl adjacent to an activating group) is 1. The van der Waals surface area contributed by atoms with Crippen LogP contribution in [0.3, 0.4) is 0 Å². The Balaban J connectivity index is 2.04. The van der Waals surface area contributed by atoms with Gasteiger partial charge in [-0.15, -0.1) is 0 Å². The first-order valence-corrected chi connectivity index (χ1v) is 7.02. The third-order valence-electron chi connectivity index (χ3n) is 4.26. The van der Waals surface area contributed by atoms with E-state index in [0.717, 1.165) is 45.7 Å². The quantitative estimate of drug-likeness (QED) is 0.817. The minimum absolute atomic E-state index is 0.0258. The van der Waals surface area contributed by atoms with E-state index >= 15 is 0 Å². The molecule has 2 saturated heterocycles. The van der Waals surface area contributed by atoms with Crippen molar-refractivity contribution in [1.29, 1.82) is 0 Å². The first-order valence-electron chi connectivity index (χ1n) is 7.02. The molecule has 0 radical (unpaired) electrons. The Morgan fingerprint density at radius 1 is 1.50 bits per heavy atom. The minimum Gasteiger partial charge on any atom is -0.384 e. The topological polar surface area (TPSA) is 33.7 Å². The van der Waals surface area contributed by atoms with E-state index in [0.29, 0.717) is 6.04 Å². The van der Waals surface area contributed by atoms with Gasteiger partial charge in [-0.05, 0) is 25.3 Å². The lowest BCUT2D eigenvalue weighted by Gasteiger charge is -2.44. The van der Waals surface area contributed by atoms with Crippen molar-refractivity contribution in [3.8, 4) is 0 Å². The first-order chi connectivity index (χ1) is 8.47. The highest BCUT2D eigenvalue weighted by Gasteiger charge is 2.47. The number of nitrogens with one attached hydrogen (secondary N) is 1. The summed E-state index contributed by atoms with van der Waals surface area (Å²) in [4.78, 5) is 2.38. The van der Waals surface area contributed by atoms with Gasteiger partial charge in [-0.25, -0.2) is 0 Å². The lowest BCUT2D eigenvalue weighted by atomic mass is 9.78. The van der Waals surface area contributed by atoms with Gasteiger partial charge in [0.25, 0.3) is 0 Å². The van der Waals surface area contributed by atoms with Crippen LogP contribution in [0, 0.1) is 5.41 Å². The SMILES string of the molecule is COCC(C)(C)CC1NCCOC12CCN(C)C2. The lowest BCUT2D eigenvalue weighted by molar-refractivity contribution is -0.0989. The van der Waals surface area contributed by atoms with Gasteiger partial charge in [-0.2, -0.15) is 0 Å². The number of nitrogens with zero attached hydrogens (tertiary/aromatic N) is 1. The van der Waals surface area contributed by atoms with Gasteiger partial charge < -0.3 is 19.7 Å². The molecular formula is C14H28N2O2. The first kappa shape index (κ1) is 14.3. The largest absolute Gasteiger partial charge is 0.384 e. The monoisotopic (exact) mass is 256 g/mol. The van der Waals surface area contributed by atoms with E-state index in [1.807, 2.05) is 0 Å². The molecule has 0 aromatic carbocycles. The molecule has 0 bridgehead atoms. The van der Waals surface area contributed by atoms with E-state index in [2.05, 4.69) is 31.1 Å². The number of methoxy groups -OCH3 is 1. The highest BCUT2D eigenvalue weighted by molar-refractivity contribution is 5.03. The summed E-state index contributed by atoms with van der Waals surface area (Å²) >= 11 is 0. The number of hydrogen-bond acceptors (Lipinski definition) is 4. The van der Waals surface area contributed by atoms with Crippen molar-refractivity contribution in [2.24, 2.45) is 5.41 Å². The maximum Gasteiger partial charge on any atom is 0.0973 e. The Kier molecular flexibility index (Phi) is 4.32. The van der Waals surface area contributed by atoms with E-state index in [1.165, 1.54) is 0 Å². The number of rotatable bonds is 4. The third kappa shape index (κ3) is 3.05. The highest BCUT2D eigenvalue weighted by atomic mass is 16.5. The molecule has 0 aromatic rings. The van der Waals surface area contributed by atoms with Gasteiger partial charge in [0, 0.05) is 32.8 Å². The molecule has 106 valence electrons. The molecule has 2 heterocycles. The van der Waals surface area contributed by atoms with E-state index in [9.17, 15) is 0 Å². The smallest absolute Gasteiger partial charge is 0.0973 e. The van der Waals surface area contributed by atoms with Crippen LogP contribution in [0.1, 0.15) is 26.7 Å². The molecule has 2 unspecified atom stereocenters. The van der Waals surface area contributed by atoms with Crippen LogP contribution in [0.4, 0.5) is 0 Å². The summed E-state index contributed by atoms with van der Waals surface area (Å²) in [7, 11) is 3.97. The molecule has 1 spiro atoms. The van der Waals surface area contributed by atoms with Gasteiger partial charge in [-0.1, -0.05) is 13.8 Å². The maximum absolute atomic E-state index is 6.19. The van der Waals surface area contributed by atoms with Gasteiger partial charge in [0.15, 0.2) is 0 Å². The van der Waals surface area contributed by atoms with Crippen molar-refractivity contribution < 1.29 is 9.47 Å². The Hall–Kier alpha value is -0.160. The summed E-state index contributed by atoms with van der Waals surface area (Å²) in [5.41, 5.74) is 0.222. The average Bonchev–Trinajstić information content (AvgIpc) is 2.64. The predicted octanol–water partition coefficient (Wildman–Crippen LogP) is 1.11. The van der Waals surface area contributed by atoms with Crippen LogP contribution in [0.5, 0.6) is 0 Å². The molecule has 2 rings (SSSR count). The van der Waals surface area contributed by atoms with Crippen molar-refractivity contribution in [2.75, 3.05) is 47.0 Å². The molecule has 0 aliphatic carbocycles. The molecule has 2 aliphatic rings. The van der Waals surface area contributed by atoms with Crippen LogP contribution < -0.4 is 5.32 Å². The second kappa shape index (κ2) is 5.45. The zero-order chi connectivity index (χ0) is 13.2. The molecule has 4 heteroatoms. The summed E-state index contributed by atoms with van der Waals surface area (Å²) in [6.07, 6.45) is 2.25. The fourth-order valence-corrected chi connectivity index (χ4v) is 3.43. The standard InChI is InChI=1S/C14H28N2O2/c1-13(2,11-17-4)9-12-14(18-8-6-15-12)5-7-16(3)10-14/h12,15H,5-11H2,1-4H3. The van der Waals surface area contributed by atoms with E-state index < -0.39 is 0 Å². The van der Waals surface area contributed by atoms with Gasteiger partial charge in [0.1, 0.15) is 0 Å². The van der Waals surface area contributed by atoms with Crippen molar-refractivity contribution in [2.45, 2.75) is 38.3 Å². The van der Waals surface area contributed by atoms with Crippen molar-refractivity contribution >= 4 is 0 Å². The Morgan fingerprint density at radius 2 is 2.28 bits per heavy atom. The van der Waals surface area contributed by atoms with Crippen molar-refractivity contribution in [1.82, 2.24) is 10.2 Å². The van der Waals surface area contributed by atoms with Crippen molar-refractivity contribution in [3.05, 3.63) is 0 Å². The summed E-state index contributed by atoms with van der Waals surface area (Å²) in [5, 5.41) is 3.68. The van der Waals surface area contributed by atoms with Crippen LogP contribution in [0.2, 0.25) is 0 Å². The summed E-state index contributed by atoms with van der Waals surface area (Å²) in [5.74, 6) is 0. The number of morpholine rings is 1. The number of hydrogen-bond donors (Lipinski definition) is 1. The summed E-state index contributed by atoms with van der Waals surface area (Å²) in [6, 6.07) is 0.446. The second-order valence-electron chi connectivity index (χ2n) is 6.71. The zero-order valence-electron chi connectivity index (χ0n) is 12.3. The van der Waals surface area contributed by atoms with Crippen LogP contribution >= 0.6 is 0 Å². The molecule has 1 N–H and O–H groups in total. The normalized spacial score (nSPS) is 34.3. The molecule has 0 amide bonds. The average molecular weight is 256 g/mol. The molecule has 2 fully saturated rings. The fraction of sp³-hybridized carbons (Fsp3) is 1.00. The van der Waals surface area contributed by atoms with Gasteiger partial charge in [0.05, 0.1) is 18.8 Å². The molecule has 2 aliphatic heterocycles. The minimum atomic E-state index is 0.0258. The molecule has 2 atom stereocenters. The third-order valence-corrected chi connectivity index (χ3v) is 4.26. The van der Waals surface area contributed by atoms with Crippen LogP contribution in [0.15, 0.2) is 0 Å².